The maximum Gasteiger partial charge on any atom is 0.346 e. The first-order valence-corrected chi connectivity index (χ1v) is 9.30. The van der Waals surface area contributed by atoms with Gasteiger partial charge in [0.1, 0.15) is 11.5 Å². The van der Waals surface area contributed by atoms with E-state index >= 15 is 0 Å². The van der Waals surface area contributed by atoms with Gasteiger partial charge in [-0.3, -0.25) is 9.88 Å². The maximum absolute atomic E-state index is 11.7. The lowest BCUT2D eigenvalue weighted by molar-refractivity contribution is 0.348. The molecule has 1 heterocycles. The Morgan fingerprint density at radius 1 is 1.36 bits per heavy atom. The van der Waals surface area contributed by atoms with Gasteiger partial charge >= 0.3 is 7.60 Å². The van der Waals surface area contributed by atoms with Gasteiger partial charge in [0.2, 0.25) is 0 Å². The van der Waals surface area contributed by atoms with Crippen LogP contribution in [0.2, 0.25) is 0 Å². The molecule has 0 amide bonds. The van der Waals surface area contributed by atoms with Gasteiger partial charge in [0.05, 0.1) is 12.1 Å². The van der Waals surface area contributed by atoms with E-state index in [9.17, 15) is 14.4 Å². The van der Waals surface area contributed by atoms with Crippen molar-refractivity contribution in [2.75, 3.05) is 13.7 Å². The van der Waals surface area contributed by atoms with Crippen molar-refractivity contribution >= 4 is 18.9 Å². The molecule has 0 aliphatic rings. The van der Waals surface area contributed by atoms with Gasteiger partial charge < -0.3 is 14.5 Å². The SMILES string of the molecule is COc1ccc([C@@H](NCCc2nc(C)cs2)P(=O)(O)O)cc1. The second-order valence-electron chi connectivity index (χ2n) is 4.85. The standard InChI is InChI=1S/C14H19N2O4PS/c1-10-9-22-13(16-10)7-8-15-14(21(17,18)19)11-3-5-12(20-2)6-4-11/h3-6,9,14-15H,7-8H2,1-2H3,(H2,17,18,19)/t14-/m0/s1. The molecule has 0 fully saturated rings. The summed E-state index contributed by atoms with van der Waals surface area (Å²) in [5.41, 5.74) is 1.49. The second kappa shape index (κ2) is 7.35. The Labute approximate surface area is 133 Å². The van der Waals surface area contributed by atoms with Crippen molar-refractivity contribution in [3.05, 3.63) is 45.9 Å². The van der Waals surface area contributed by atoms with Crippen molar-refractivity contribution in [2.45, 2.75) is 19.1 Å². The topological polar surface area (TPSA) is 91.7 Å². The number of methoxy groups -OCH3 is 1. The first-order chi connectivity index (χ1) is 10.4. The summed E-state index contributed by atoms with van der Waals surface area (Å²) in [5, 5.41) is 5.84. The van der Waals surface area contributed by atoms with E-state index in [1.807, 2.05) is 12.3 Å². The normalized spacial score (nSPS) is 13.1. The average Bonchev–Trinajstić information content (AvgIpc) is 2.88. The molecule has 0 spiro atoms. The van der Waals surface area contributed by atoms with Crippen molar-refractivity contribution in [3.63, 3.8) is 0 Å². The van der Waals surface area contributed by atoms with Crippen LogP contribution in [0, 0.1) is 6.92 Å². The zero-order valence-corrected chi connectivity index (χ0v) is 14.1. The number of ether oxygens (including phenoxy) is 1. The molecule has 0 radical (unpaired) electrons. The number of benzene rings is 1. The Morgan fingerprint density at radius 2 is 2.05 bits per heavy atom. The van der Waals surface area contributed by atoms with Crippen LogP contribution in [0.1, 0.15) is 22.0 Å². The van der Waals surface area contributed by atoms with Crippen LogP contribution in [0.3, 0.4) is 0 Å². The number of nitrogens with zero attached hydrogens (tertiary/aromatic N) is 1. The molecule has 0 saturated heterocycles. The molecule has 6 nitrogen and oxygen atoms in total. The molecule has 2 rings (SSSR count). The Kier molecular flexibility index (Phi) is 5.72. The van der Waals surface area contributed by atoms with Gasteiger partial charge in [-0.25, -0.2) is 4.98 Å². The van der Waals surface area contributed by atoms with Crippen molar-refractivity contribution in [3.8, 4) is 5.75 Å². The minimum atomic E-state index is -4.31. The van der Waals surface area contributed by atoms with Gasteiger partial charge in [0.25, 0.3) is 0 Å². The van der Waals surface area contributed by atoms with Gasteiger partial charge in [-0.2, -0.15) is 0 Å². The number of thiazole rings is 1. The molecule has 1 aromatic heterocycles. The molecule has 0 saturated carbocycles. The van der Waals surface area contributed by atoms with Gasteiger partial charge in [-0.05, 0) is 24.6 Å². The maximum atomic E-state index is 11.7. The zero-order chi connectivity index (χ0) is 16.2. The fraction of sp³-hybridized carbons (Fsp3) is 0.357. The molecule has 1 atom stereocenters. The minimum Gasteiger partial charge on any atom is -0.497 e. The minimum absolute atomic E-state index is 0.439. The lowest BCUT2D eigenvalue weighted by Crippen LogP contribution is -2.24. The fourth-order valence-electron chi connectivity index (χ4n) is 2.05. The summed E-state index contributed by atoms with van der Waals surface area (Å²) in [6.45, 7) is 2.36. The summed E-state index contributed by atoms with van der Waals surface area (Å²) in [6, 6.07) is 6.68. The Hall–Kier alpha value is -1.24. The molecular formula is C14H19N2O4PS. The Morgan fingerprint density at radius 3 is 2.55 bits per heavy atom. The number of nitrogens with one attached hydrogen (secondary N) is 1. The lowest BCUT2D eigenvalue weighted by Gasteiger charge is -2.20. The summed E-state index contributed by atoms with van der Waals surface area (Å²) in [4.78, 5) is 23.5. The highest BCUT2D eigenvalue weighted by molar-refractivity contribution is 7.52. The van der Waals surface area contributed by atoms with E-state index in [2.05, 4.69) is 10.3 Å². The van der Waals surface area contributed by atoms with Crippen molar-refractivity contribution in [1.82, 2.24) is 10.3 Å². The molecule has 0 unspecified atom stereocenters. The largest absolute Gasteiger partial charge is 0.497 e. The van der Waals surface area contributed by atoms with Crippen LogP contribution >= 0.6 is 18.9 Å². The highest BCUT2D eigenvalue weighted by Crippen LogP contribution is 2.49. The van der Waals surface area contributed by atoms with Crippen LogP contribution < -0.4 is 10.1 Å². The third-order valence-electron chi connectivity index (χ3n) is 3.11. The summed E-state index contributed by atoms with van der Waals surface area (Å²) >= 11 is 1.55. The van der Waals surface area contributed by atoms with Gasteiger partial charge in [-0.1, -0.05) is 12.1 Å². The predicted octanol–water partition coefficient (Wildman–Crippen LogP) is 2.47. The average molecular weight is 342 g/mol. The summed E-state index contributed by atoms with van der Waals surface area (Å²) in [7, 11) is -2.76. The first-order valence-electron chi connectivity index (χ1n) is 6.73. The van der Waals surface area contributed by atoms with Crippen molar-refractivity contribution < 1.29 is 19.1 Å². The second-order valence-corrected chi connectivity index (χ2v) is 7.49. The third-order valence-corrected chi connectivity index (χ3v) is 5.29. The molecule has 2 aromatic rings. The molecule has 120 valence electrons. The van der Waals surface area contributed by atoms with Crippen LogP contribution in [-0.4, -0.2) is 28.4 Å². The van der Waals surface area contributed by atoms with Crippen LogP contribution in [0.25, 0.3) is 0 Å². The summed E-state index contributed by atoms with van der Waals surface area (Å²) in [5.74, 6) is -0.383. The van der Waals surface area contributed by atoms with Gasteiger partial charge in [-0.15, -0.1) is 11.3 Å². The summed E-state index contributed by atoms with van der Waals surface area (Å²) < 4.78 is 16.8. The van der Waals surface area contributed by atoms with Crippen LogP contribution in [0.15, 0.2) is 29.6 Å². The number of aryl methyl sites for hydroxylation is 1. The van der Waals surface area contributed by atoms with Crippen LogP contribution in [0.4, 0.5) is 0 Å². The van der Waals surface area contributed by atoms with E-state index in [-0.39, 0.29) is 0 Å². The first kappa shape index (κ1) is 17.1. The number of aromatic nitrogens is 1. The molecule has 0 aliphatic heterocycles. The van der Waals surface area contributed by atoms with E-state index in [0.717, 1.165) is 10.7 Å². The fourth-order valence-corrected chi connectivity index (χ4v) is 3.75. The highest BCUT2D eigenvalue weighted by atomic mass is 32.1. The smallest absolute Gasteiger partial charge is 0.346 e. The van der Waals surface area contributed by atoms with Crippen molar-refractivity contribution in [1.29, 1.82) is 0 Å². The number of hydrogen-bond donors (Lipinski definition) is 3. The van der Waals surface area contributed by atoms with Crippen molar-refractivity contribution in [2.24, 2.45) is 0 Å². The predicted molar refractivity (Wildman–Crippen MR) is 86.3 cm³/mol. The van der Waals surface area contributed by atoms with E-state index in [0.29, 0.717) is 24.3 Å². The van der Waals surface area contributed by atoms with Crippen LogP contribution in [-0.2, 0) is 11.0 Å². The summed E-state index contributed by atoms with van der Waals surface area (Å²) in [6.07, 6.45) is 0.630. The van der Waals surface area contributed by atoms with Gasteiger partial charge in [0.15, 0.2) is 0 Å². The molecule has 0 aliphatic carbocycles. The number of rotatable bonds is 7. The molecule has 8 heteroatoms. The zero-order valence-electron chi connectivity index (χ0n) is 12.4. The molecule has 3 N–H and O–H groups in total. The lowest BCUT2D eigenvalue weighted by atomic mass is 10.2. The Bertz CT molecular complexity index is 653. The third kappa shape index (κ3) is 4.63. The highest BCUT2D eigenvalue weighted by Gasteiger charge is 2.29. The molecular weight excluding hydrogens is 323 g/mol. The van der Waals surface area contributed by atoms with E-state index < -0.39 is 13.4 Å². The number of hydrogen-bond acceptors (Lipinski definition) is 5. The quantitative estimate of drug-likeness (QED) is 0.670. The van der Waals surface area contributed by atoms with Crippen LogP contribution in [0.5, 0.6) is 5.75 Å². The van der Waals surface area contributed by atoms with E-state index in [1.165, 1.54) is 0 Å². The molecule has 1 aromatic carbocycles. The van der Waals surface area contributed by atoms with E-state index in [4.69, 9.17) is 4.74 Å². The van der Waals surface area contributed by atoms with E-state index in [1.54, 1.807) is 42.7 Å². The van der Waals surface area contributed by atoms with Gasteiger partial charge in [0, 0.05) is 24.0 Å². The Balaban J connectivity index is 2.04. The molecule has 22 heavy (non-hydrogen) atoms. The monoisotopic (exact) mass is 342 g/mol. The molecule has 0 bridgehead atoms.